The first-order valence-electron chi connectivity index (χ1n) is 11.3. The summed E-state index contributed by atoms with van der Waals surface area (Å²) in [5.74, 6) is -1.84. The summed E-state index contributed by atoms with van der Waals surface area (Å²) in [6.07, 6.45) is -0.947. The van der Waals surface area contributed by atoms with Gasteiger partial charge in [-0.05, 0) is 44.0 Å². The van der Waals surface area contributed by atoms with E-state index in [4.69, 9.17) is 9.47 Å². The number of aryl methyl sites for hydroxylation is 2. The SMILES string of the molecule is Cc1cc(C)c2c(c1)[C@]1(N[C@H]([C@@H](C)O)[C@H]3C(=O)N(Cc4ccc5c(c4)OCO5)C(=O)[C@H]31)C(=O)N2. The lowest BCUT2D eigenvalue weighted by atomic mass is 9.75. The Morgan fingerprint density at radius 1 is 1.12 bits per heavy atom. The van der Waals surface area contributed by atoms with Crippen molar-refractivity contribution in [1.29, 1.82) is 0 Å². The zero-order valence-electron chi connectivity index (χ0n) is 19.0. The van der Waals surface area contributed by atoms with E-state index in [2.05, 4.69) is 10.6 Å². The number of imide groups is 1. The van der Waals surface area contributed by atoms with Crippen LogP contribution >= 0.6 is 0 Å². The topological polar surface area (TPSA) is 117 Å². The Hall–Kier alpha value is -3.43. The van der Waals surface area contributed by atoms with Crippen molar-refractivity contribution >= 4 is 23.4 Å². The monoisotopic (exact) mass is 463 g/mol. The summed E-state index contributed by atoms with van der Waals surface area (Å²) in [5.41, 5.74) is 2.42. The molecule has 2 aromatic rings. The van der Waals surface area contributed by atoms with Crippen molar-refractivity contribution in [1.82, 2.24) is 10.2 Å². The Balaban J connectivity index is 1.44. The van der Waals surface area contributed by atoms with Crippen molar-refractivity contribution in [2.75, 3.05) is 12.1 Å². The second-order valence-corrected chi connectivity index (χ2v) is 9.63. The van der Waals surface area contributed by atoms with Crippen LogP contribution in [0.4, 0.5) is 5.69 Å². The van der Waals surface area contributed by atoms with Crippen LogP contribution in [0, 0.1) is 25.7 Å². The third kappa shape index (κ3) is 2.65. The first kappa shape index (κ1) is 21.1. The Kier molecular flexibility index (Phi) is 4.37. The average molecular weight is 463 g/mol. The third-order valence-electron chi connectivity index (χ3n) is 7.49. The van der Waals surface area contributed by atoms with E-state index in [1.807, 2.05) is 26.0 Å². The van der Waals surface area contributed by atoms with Crippen molar-refractivity contribution in [3.63, 3.8) is 0 Å². The van der Waals surface area contributed by atoms with E-state index in [-0.39, 0.29) is 19.2 Å². The molecule has 4 heterocycles. The van der Waals surface area contributed by atoms with E-state index >= 15 is 0 Å². The molecule has 34 heavy (non-hydrogen) atoms. The number of carbonyl (C=O) groups is 3. The Labute approximate surface area is 196 Å². The van der Waals surface area contributed by atoms with Gasteiger partial charge in [-0.25, -0.2) is 0 Å². The fourth-order valence-electron chi connectivity index (χ4n) is 6.04. The van der Waals surface area contributed by atoms with Gasteiger partial charge in [0.25, 0.3) is 0 Å². The fourth-order valence-corrected chi connectivity index (χ4v) is 6.04. The molecule has 5 atom stereocenters. The number of hydrogen-bond acceptors (Lipinski definition) is 7. The van der Waals surface area contributed by atoms with E-state index in [1.165, 1.54) is 4.90 Å². The molecule has 3 amide bonds. The maximum Gasteiger partial charge on any atom is 0.250 e. The largest absolute Gasteiger partial charge is 0.454 e. The van der Waals surface area contributed by atoms with Gasteiger partial charge in [-0.3, -0.25) is 24.6 Å². The molecule has 9 nitrogen and oxygen atoms in total. The first-order chi connectivity index (χ1) is 16.2. The molecule has 0 saturated carbocycles. The number of hydrogen-bond donors (Lipinski definition) is 3. The number of anilines is 1. The summed E-state index contributed by atoms with van der Waals surface area (Å²) >= 11 is 0. The number of benzene rings is 2. The van der Waals surface area contributed by atoms with E-state index in [1.54, 1.807) is 25.1 Å². The molecular weight excluding hydrogens is 438 g/mol. The summed E-state index contributed by atoms with van der Waals surface area (Å²) in [6, 6.07) is 8.38. The van der Waals surface area contributed by atoms with Crippen LogP contribution in [-0.4, -0.2) is 46.7 Å². The standard InChI is InChI=1S/C25H25N3O6/c1-11-6-12(2)20-15(7-11)25(24(32)26-20)19-18(21(27-25)13(3)29)22(30)28(23(19)31)9-14-4-5-16-17(8-14)34-10-33-16/h4-8,13,18-19,21,27,29H,9-10H2,1-3H3,(H,26,32)/t13-,18+,19+,21-,25-/m1/s1. The third-order valence-corrected chi connectivity index (χ3v) is 7.49. The van der Waals surface area contributed by atoms with E-state index in [9.17, 15) is 19.5 Å². The van der Waals surface area contributed by atoms with Crippen LogP contribution in [0.1, 0.15) is 29.2 Å². The fraction of sp³-hybridized carbons (Fsp3) is 0.400. The van der Waals surface area contributed by atoms with Gasteiger partial charge < -0.3 is 19.9 Å². The zero-order valence-corrected chi connectivity index (χ0v) is 19.0. The quantitative estimate of drug-likeness (QED) is 0.588. The highest BCUT2D eigenvalue weighted by Crippen LogP contribution is 2.54. The number of ether oxygens (including phenoxy) is 2. The van der Waals surface area contributed by atoms with Gasteiger partial charge in [0.2, 0.25) is 24.5 Å². The maximum absolute atomic E-state index is 13.8. The number of fused-ring (bicyclic) bond motifs is 5. The summed E-state index contributed by atoms with van der Waals surface area (Å²) < 4.78 is 10.8. The van der Waals surface area contributed by atoms with Crippen LogP contribution in [0.2, 0.25) is 0 Å². The van der Waals surface area contributed by atoms with Crippen LogP contribution in [-0.2, 0) is 26.5 Å². The van der Waals surface area contributed by atoms with Gasteiger partial charge in [-0.2, -0.15) is 0 Å². The lowest BCUT2D eigenvalue weighted by Gasteiger charge is -2.30. The smallest absolute Gasteiger partial charge is 0.250 e. The molecule has 1 spiro atoms. The molecule has 2 fully saturated rings. The molecule has 4 aliphatic rings. The number of aliphatic hydroxyl groups is 1. The Bertz CT molecular complexity index is 1270. The van der Waals surface area contributed by atoms with E-state index in [0.29, 0.717) is 28.3 Å². The molecule has 0 aromatic heterocycles. The minimum atomic E-state index is -1.42. The van der Waals surface area contributed by atoms with Gasteiger partial charge in [0.05, 0.1) is 24.5 Å². The van der Waals surface area contributed by atoms with Crippen molar-refractivity contribution < 1.29 is 29.0 Å². The van der Waals surface area contributed by atoms with Crippen LogP contribution in [0.5, 0.6) is 11.5 Å². The van der Waals surface area contributed by atoms with Gasteiger partial charge in [0.15, 0.2) is 11.5 Å². The molecule has 2 saturated heterocycles. The number of nitrogens with zero attached hydrogens (tertiary/aromatic N) is 1. The lowest BCUT2D eigenvalue weighted by Crippen LogP contribution is -2.54. The second-order valence-electron chi connectivity index (χ2n) is 9.63. The number of nitrogens with one attached hydrogen (secondary N) is 2. The van der Waals surface area contributed by atoms with Gasteiger partial charge >= 0.3 is 0 Å². The predicted octanol–water partition coefficient (Wildman–Crippen LogP) is 1.33. The summed E-state index contributed by atoms with van der Waals surface area (Å²) in [7, 11) is 0. The van der Waals surface area contributed by atoms with Crippen molar-refractivity contribution in [3.8, 4) is 11.5 Å². The molecule has 0 unspecified atom stereocenters. The molecule has 2 aromatic carbocycles. The highest BCUT2D eigenvalue weighted by Gasteiger charge is 2.71. The van der Waals surface area contributed by atoms with Crippen molar-refractivity contribution in [3.05, 3.63) is 52.6 Å². The minimum absolute atomic E-state index is 0.0469. The van der Waals surface area contributed by atoms with Gasteiger partial charge in [-0.1, -0.05) is 23.8 Å². The predicted molar refractivity (Wildman–Crippen MR) is 120 cm³/mol. The van der Waals surface area contributed by atoms with Gasteiger partial charge in [-0.15, -0.1) is 0 Å². The van der Waals surface area contributed by atoms with E-state index < -0.39 is 41.3 Å². The molecule has 0 bridgehead atoms. The first-order valence-corrected chi connectivity index (χ1v) is 11.3. The number of carbonyl (C=O) groups excluding carboxylic acids is 3. The van der Waals surface area contributed by atoms with E-state index in [0.717, 1.165) is 11.1 Å². The second kappa shape index (κ2) is 7.04. The molecule has 6 rings (SSSR count). The maximum atomic E-state index is 13.8. The highest BCUT2D eigenvalue weighted by molar-refractivity contribution is 6.15. The number of amides is 3. The number of rotatable bonds is 3. The summed E-state index contributed by atoms with van der Waals surface area (Å²) in [4.78, 5) is 42.2. The molecule has 3 N–H and O–H groups in total. The highest BCUT2D eigenvalue weighted by atomic mass is 16.7. The molecule has 176 valence electrons. The van der Waals surface area contributed by atoms with Crippen LogP contribution in [0.3, 0.4) is 0 Å². The summed E-state index contributed by atoms with van der Waals surface area (Å²) in [6.45, 7) is 5.57. The Morgan fingerprint density at radius 3 is 2.65 bits per heavy atom. The normalized spacial score (nSPS) is 29.6. The number of aliphatic hydroxyl groups excluding tert-OH is 1. The van der Waals surface area contributed by atoms with Crippen LogP contribution < -0.4 is 20.1 Å². The summed E-state index contributed by atoms with van der Waals surface area (Å²) in [5, 5.41) is 16.7. The average Bonchev–Trinajstić information content (AvgIpc) is 3.51. The van der Waals surface area contributed by atoms with Crippen molar-refractivity contribution in [2.24, 2.45) is 11.8 Å². The van der Waals surface area contributed by atoms with Crippen LogP contribution in [0.25, 0.3) is 0 Å². The molecule has 9 heteroatoms. The van der Waals surface area contributed by atoms with Crippen LogP contribution in [0.15, 0.2) is 30.3 Å². The van der Waals surface area contributed by atoms with Gasteiger partial charge in [0.1, 0.15) is 5.54 Å². The lowest BCUT2D eigenvalue weighted by molar-refractivity contribution is -0.143. The van der Waals surface area contributed by atoms with Gasteiger partial charge in [0, 0.05) is 17.3 Å². The zero-order chi connectivity index (χ0) is 23.9. The van der Waals surface area contributed by atoms with Crippen molar-refractivity contribution in [2.45, 2.75) is 45.0 Å². The molecular formula is C25H25N3O6. The minimum Gasteiger partial charge on any atom is -0.454 e. The Morgan fingerprint density at radius 2 is 1.88 bits per heavy atom. The molecule has 0 radical (unpaired) electrons. The molecule has 4 aliphatic heterocycles. The number of likely N-dealkylation sites (tertiary alicyclic amines) is 1. The molecule has 0 aliphatic carbocycles.